The molecule has 2 heterocycles. The highest BCUT2D eigenvalue weighted by atomic mass is 35.5. The van der Waals surface area contributed by atoms with Crippen LogP contribution in [0, 0.1) is 12.8 Å². The summed E-state index contributed by atoms with van der Waals surface area (Å²) < 4.78 is 0. The molecule has 0 N–H and O–H groups in total. The van der Waals surface area contributed by atoms with E-state index in [4.69, 9.17) is 11.6 Å². The molecule has 4 heteroatoms. The third-order valence-electron chi connectivity index (χ3n) is 4.33. The maximum absolute atomic E-state index is 6.07. The molecule has 0 amide bonds. The molecule has 2 aliphatic rings. The number of anilines is 1. The highest BCUT2D eigenvalue weighted by molar-refractivity contribution is 6.29. The van der Waals surface area contributed by atoms with Crippen LogP contribution in [0.15, 0.2) is 6.07 Å². The molecule has 3 rings (SSSR count). The maximum atomic E-state index is 6.07. The van der Waals surface area contributed by atoms with Gasteiger partial charge in [0.2, 0.25) is 0 Å². The van der Waals surface area contributed by atoms with Gasteiger partial charge in [0.15, 0.2) is 0 Å². The standard InChI is InChI=1S/C14H20ClN3/c1-10-16-13(15)9-14(17-10)18-8-4-6-11-5-2-3-7-12(11)18/h9,11-12H,2-8H2,1H3. The predicted octanol–water partition coefficient (Wildman–Crippen LogP) is 3.60. The molecule has 1 aliphatic heterocycles. The summed E-state index contributed by atoms with van der Waals surface area (Å²) in [4.78, 5) is 11.2. The average molecular weight is 266 g/mol. The Bertz CT molecular complexity index is 413. The molecule has 3 nitrogen and oxygen atoms in total. The second-order valence-corrected chi connectivity index (χ2v) is 5.93. The molecule has 0 bridgehead atoms. The molecule has 0 aromatic carbocycles. The third-order valence-corrected chi connectivity index (χ3v) is 4.52. The van der Waals surface area contributed by atoms with Crippen molar-refractivity contribution in [2.75, 3.05) is 11.4 Å². The van der Waals surface area contributed by atoms with E-state index < -0.39 is 0 Å². The van der Waals surface area contributed by atoms with Gasteiger partial charge >= 0.3 is 0 Å². The lowest BCUT2D eigenvalue weighted by molar-refractivity contribution is 0.242. The van der Waals surface area contributed by atoms with Gasteiger partial charge in [-0.25, -0.2) is 9.97 Å². The minimum atomic E-state index is 0.565. The smallest absolute Gasteiger partial charge is 0.134 e. The second kappa shape index (κ2) is 5.04. The van der Waals surface area contributed by atoms with Gasteiger partial charge in [-0.15, -0.1) is 0 Å². The van der Waals surface area contributed by atoms with Gasteiger partial charge in [-0.05, 0) is 38.5 Å². The van der Waals surface area contributed by atoms with E-state index in [2.05, 4.69) is 14.9 Å². The normalized spacial score (nSPS) is 28.0. The van der Waals surface area contributed by atoms with E-state index in [1.165, 1.54) is 38.5 Å². The van der Waals surface area contributed by atoms with E-state index in [-0.39, 0.29) is 0 Å². The van der Waals surface area contributed by atoms with Gasteiger partial charge in [0, 0.05) is 18.7 Å². The van der Waals surface area contributed by atoms with E-state index in [0.29, 0.717) is 11.2 Å². The van der Waals surface area contributed by atoms with Crippen molar-refractivity contribution in [1.29, 1.82) is 0 Å². The zero-order valence-electron chi connectivity index (χ0n) is 10.9. The maximum Gasteiger partial charge on any atom is 0.134 e. The van der Waals surface area contributed by atoms with E-state index in [9.17, 15) is 0 Å². The van der Waals surface area contributed by atoms with Crippen LogP contribution in [-0.4, -0.2) is 22.6 Å². The molecule has 0 radical (unpaired) electrons. The Morgan fingerprint density at radius 2 is 1.94 bits per heavy atom. The number of piperidine rings is 1. The van der Waals surface area contributed by atoms with Crippen LogP contribution in [0.4, 0.5) is 5.82 Å². The molecule has 2 unspecified atom stereocenters. The highest BCUT2D eigenvalue weighted by Crippen LogP contribution is 2.37. The molecule has 1 saturated carbocycles. The topological polar surface area (TPSA) is 29.0 Å². The van der Waals surface area contributed by atoms with Crippen LogP contribution in [0.1, 0.15) is 44.3 Å². The van der Waals surface area contributed by atoms with Gasteiger partial charge < -0.3 is 4.90 Å². The van der Waals surface area contributed by atoms with Crippen molar-refractivity contribution in [1.82, 2.24) is 9.97 Å². The van der Waals surface area contributed by atoms with Crippen LogP contribution >= 0.6 is 11.6 Å². The monoisotopic (exact) mass is 265 g/mol. The fourth-order valence-corrected chi connectivity index (χ4v) is 3.79. The molecule has 0 spiro atoms. The van der Waals surface area contributed by atoms with Crippen molar-refractivity contribution in [3.63, 3.8) is 0 Å². The average Bonchev–Trinajstić information content (AvgIpc) is 2.37. The third kappa shape index (κ3) is 2.33. The Labute approximate surface area is 114 Å². The molecule has 2 fully saturated rings. The Kier molecular flexibility index (Phi) is 3.42. The van der Waals surface area contributed by atoms with Crippen molar-refractivity contribution in [3.8, 4) is 0 Å². The largest absolute Gasteiger partial charge is 0.353 e. The number of aromatic nitrogens is 2. The van der Waals surface area contributed by atoms with Crippen LogP contribution < -0.4 is 4.90 Å². The molecular weight excluding hydrogens is 246 g/mol. The Balaban J connectivity index is 1.89. The summed E-state index contributed by atoms with van der Waals surface area (Å²) in [5.41, 5.74) is 0. The first-order chi connectivity index (χ1) is 8.74. The molecular formula is C14H20ClN3. The summed E-state index contributed by atoms with van der Waals surface area (Å²) in [6, 6.07) is 2.60. The summed E-state index contributed by atoms with van der Waals surface area (Å²) in [5.74, 6) is 2.67. The number of hydrogen-bond acceptors (Lipinski definition) is 3. The zero-order chi connectivity index (χ0) is 12.5. The summed E-state index contributed by atoms with van der Waals surface area (Å²) in [5, 5.41) is 0.565. The lowest BCUT2D eigenvalue weighted by atomic mass is 9.78. The lowest BCUT2D eigenvalue weighted by Gasteiger charge is -2.44. The minimum absolute atomic E-state index is 0.565. The van der Waals surface area contributed by atoms with Gasteiger partial charge in [0.1, 0.15) is 16.8 Å². The summed E-state index contributed by atoms with van der Waals surface area (Å²) >= 11 is 6.07. The number of aryl methyl sites for hydroxylation is 1. The van der Waals surface area contributed by atoms with E-state index in [1.54, 1.807) is 0 Å². The molecule has 1 aliphatic carbocycles. The summed E-state index contributed by atoms with van der Waals surface area (Å²) in [6.07, 6.45) is 8.12. The number of fused-ring (bicyclic) bond motifs is 1. The van der Waals surface area contributed by atoms with Crippen molar-refractivity contribution < 1.29 is 0 Å². The first-order valence-corrected chi connectivity index (χ1v) is 7.39. The van der Waals surface area contributed by atoms with Crippen LogP contribution in [0.25, 0.3) is 0 Å². The molecule has 18 heavy (non-hydrogen) atoms. The predicted molar refractivity (Wildman–Crippen MR) is 74.1 cm³/mol. The van der Waals surface area contributed by atoms with E-state index in [0.717, 1.165) is 24.1 Å². The zero-order valence-corrected chi connectivity index (χ0v) is 11.7. The van der Waals surface area contributed by atoms with Gasteiger partial charge in [-0.3, -0.25) is 0 Å². The molecule has 1 aromatic heterocycles. The van der Waals surface area contributed by atoms with Crippen LogP contribution in [-0.2, 0) is 0 Å². The van der Waals surface area contributed by atoms with Crippen LogP contribution in [0.3, 0.4) is 0 Å². The fraction of sp³-hybridized carbons (Fsp3) is 0.714. The molecule has 2 atom stereocenters. The lowest BCUT2D eigenvalue weighted by Crippen LogP contribution is -2.47. The number of halogens is 1. The number of nitrogens with zero attached hydrogens (tertiary/aromatic N) is 3. The van der Waals surface area contributed by atoms with E-state index >= 15 is 0 Å². The Morgan fingerprint density at radius 1 is 1.17 bits per heavy atom. The number of rotatable bonds is 1. The Morgan fingerprint density at radius 3 is 2.78 bits per heavy atom. The molecule has 1 aromatic rings. The summed E-state index contributed by atoms with van der Waals surface area (Å²) in [6.45, 7) is 3.03. The summed E-state index contributed by atoms with van der Waals surface area (Å²) in [7, 11) is 0. The fourth-order valence-electron chi connectivity index (χ4n) is 3.57. The quantitative estimate of drug-likeness (QED) is 0.727. The number of hydrogen-bond donors (Lipinski definition) is 0. The first-order valence-electron chi connectivity index (χ1n) is 7.02. The van der Waals surface area contributed by atoms with Crippen molar-refractivity contribution >= 4 is 17.4 Å². The SMILES string of the molecule is Cc1nc(Cl)cc(N2CCCC3CCCCC32)n1. The molecule has 98 valence electrons. The van der Waals surface area contributed by atoms with Crippen molar-refractivity contribution in [2.45, 2.75) is 51.5 Å². The van der Waals surface area contributed by atoms with Crippen LogP contribution in [0.5, 0.6) is 0 Å². The first kappa shape index (κ1) is 12.2. The van der Waals surface area contributed by atoms with Crippen LogP contribution in [0.2, 0.25) is 5.15 Å². The second-order valence-electron chi connectivity index (χ2n) is 5.54. The molecule has 1 saturated heterocycles. The van der Waals surface area contributed by atoms with Crippen molar-refractivity contribution in [3.05, 3.63) is 17.0 Å². The van der Waals surface area contributed by atoms with Gasteiger partial charge in [-0.2, -0.15) is 0 Å². The van der Waals surface area contributed by atoms with E-state index in [1.807, 2.05) is 13.0 Å². The minimum Gasteiger partial charge on any atom is -0.353 e. The van der Waals surface area contributed by atoms with Gasteiger partial charge in [-0.1, -0.05) is 24.4 Å². The van der Waals surface area contributed by atoms with Crippen molar-refractivity contribution in [2.24, 2.45) is 5.92 Å². The van der Waals surface area contributed by atoms with Gasteiger partial charge in [0.25, 0.3) is 0 Å². The highest BCUT2D eigenvalue weighted by Gasteiger charge is 2.33. The Hall–Kier alpha value is -0.830. The van der Waals surface area contributed by atoms with Gasteiger partial charge in [0.05, 0.1) is 0 Å².